The lowest BCUT2D eigenvalue weighted by atomic mass is 9.62. The molecule has 14 heavy (non-hydrogen) atoms. The standard InChI is InChI=1S/C11H18BNO/c1-8(2)12-11-10(7-14-4)6-5-9(3)13-11/h5-6,8,12H,7H2,1-4H3. The molecule has 1 rings (SSSR count). The normalized spacial score (nSPS) is 10.6. The fraction of sp³-hybridized carbons (Fsp3) is 0.545. The molecule has 0 amide bonds. The van der Waals surface area contributed by atoms with Crippen molar-refractivity contribution in [3.05, 3.63) is 23.4 Å². The van der Waals surface area contributed by atoms with Crippen LogP contribution in [0.5, 0.6) is 0 Å². The van der Waals surface area contributed by atoms with Gasteiger partial charge in [-0.25, -0.2) is 0 Å². The molecule has 0 N–H and O–H groups in total. The van der Waals surface area contributed by atoms with Crippen LogP contribution < -0.4 is 5.59 Å². The van der Waals surface area contributed by atoms with Gasteiger partial charge in [-0.2, -0.15) is 0 Å². The molecular weight excluding hydrogens is 173 g/mol. The summed E-state index contributed by atoms with van der Waals surface area (Å²) in [6.07, 6.45) is 0. The van der Waals surface area contributed by atoms with Gasteiger partial charge in [-0.3, -0.25) is 4.98 Å². The largest absolute Gasteiger partial charge is 0.380 e. The van der Waals surface area contributed by atoms with Gasteiger partial charge in [0.25, 0.3) is 0 Å². The summed E-state index contributed by atoms with van der Waals surface area (Å²) in [7, 11) is 2.75. The van der Waals surface area contributed by atoms with Gasteiger partial charge in [0.15, 0.2) is 7.28 Å². The van der Waals surface area contributed by atoms with Crippen molar-refractivity contribution in [3.63, 3.8) is 0 Å². The Balaban J connectivity index is 2.90. The second-order valence-electron chi connectivity index (χ2n) is 4.09. The Morgan fingerprint density at radius 1 is 1.43 bits per heavy atom. The van der Waals surface area contributed by atoms with Crippen LogP contribution in [-0.4, -0.2) is 19.4 Å². The summed E-state index contributed by atoms with van der Waals surface area (Å²) < 4.78 is 5.15. The number of ether oxygens (including phenoxy) is 1. The lowest BCUT2D eigenvalue weighted by Crippen LogP contribution is -2.26. The number of nitrogens with zero attached hydrogens (tertiary/aromatic N) is 1. The van der Waals surface area contributed by atoms with Crippen LogP contribution in [0.2, 0.25) is 5.82 Å². The minimum atomic E-state index is 0.639. The summed E-state index contributed by atoms with van der Waals surface area (Å²) in [5, 5.41) is 0. The highest BCUT2D eigenvalue weighted by atomic mass is 16.5. The summed E-state index contributed by atoms with van der Waals surface area (Å²) in [5.74, 6) is 0.639. The molecule has 0 atom stereocenters. The Hall–Kier alpha value is -0.825. The van der Waals surface area contributed by atoms with Crippen molar-refractivity contribution in [1.29, 1.82) is 0 Å². The van der Waals surface area contributed by atoms with E-state index in [1.807, 2.05) is 13.0 Å². The molecule has 1 aromatic heterocycles. The molecule has 2 nitrogen and oxygen atoms in total. The van der Waals surface area contributed by atoms with Crippen molar-refractivity contribution in [2.45, 2.75) is 33.2 Å². The fourth-order valence-electron chi connectivity index (χ4n) is 1.49. The molecule has 0 radical (unpaired) electrons. The molecule has 3 heteroatoms. The maximum absolute atomic E-state index is 5.15. The lowest BCUT2D eigenvalue weighted by Gasteiger charge is -2.09. The topological polar surface area (TPSA) is 22.1 Å². The highest BCUT2D eigenvalue weighted by Gasteiger charge is 2.08. The molecule has 0 spiro atoms. The zero-order chi connectivity index (χ0) is 10.6. The van der Waals surface area contributed by atoms with Gasteiger partial charge in [0, 0.05) is 18.4 Å². The first kappa shape index (κ1) is 11.3. The van der Waals surface area contributed by atoms with Gasteiger partial charge in [0.1, 0.15) is 0 Å². The smallest absolute Gasteiger partial charge is 0.185 e. The summed E-state index contributed by atoms with van der Waals surface area (Å²) in [6.45, 7) is 7.11. The Morgan fingerprint density at radius 2 is 2.14 bits per heavy atom. The van der Waals surface area contributed by atoms with Crippen LogP contribution in [0.1, 0.15) is 25.1 Å². The average Bonchev–Trinajstić information content (AvgIpc) is 2.09. The van der Waals surface area contributed by atoms with Gasteiger partial charge in [0.05, 0.1) is 6.61 Å². The molecule has 0 aromatic carbocycles. The van der Waals surface area contributed by atoms with Crippen LogP contribution in [0.25, 0.3) is 0 Å². The number of aryl methyl sites for hydroxylation is 1. The van der Waals surface area contributed by atoms with Crippen molar-refractivity contribution >= 4 is 12.9 Å². The van der Waals surface area contributed by atoms with Gasteiger partial charge in [-0.15, -0.1) is 0 Å². The second kappa shape index (κ2) is 5.15. The molecule has 0 fully saturated rings. The average molecular weight is 191 g/mol. The van der Waals surface area contributed by atoms with Crippen LogP contribution >= 0.6 is 0 Å². The second-order valence-corrected chi connectivity index (χ2v) is 4.09. The number of rotatable bonds is 4. The van der Waals surface area contributed by atoms with Crippen LogP contribution in [0, 0.1) is 6.92 Å². The minimum absolute atomic E-state index is 0.639. The van der Waals surface area contributed by atoms with E-state index in [4.69, 9.17) is 4.74 Å². The van der Waals surface area contributed by atoms with E-state index >= 15 is 0 Å². The molecule has 1 heterocycles. The van der Waals surface area contributed by atoms with E-state index in [1.54, 1.807) is 7.11 Å². The third kappa shape index (κ3) is 3.15. The van der Waals surface area contributed by atoms with Crippen molar-refractivity contribution in [3.8, 4) is 0 Å². The molecule has 0 unspecified atom stereocenters. The Morgan fingerprint density at radius 3 is 2.71 bits per heavy atom. The third-order valence-corrected chi connectivity index (χ3v) is 2.11. The van der Waals surface area contributed by atoms with Gasteiger partial charge < -0.3 is 4.74 Å². The quantitative estimate of drug-likeness (QED) is 0.671. The summed E-state index contributed by atoms with van der Waals surface area (Å²) in [6, 6.07) is 4.15. The summed E-state index contributed by atoms with van der Waals surface area (Å²) in [4.78, 5) is 4.55. The van der Waals surface area contributed by atoms with E-state index in [0.717, 1.165) is 13.0 Å². The van der Waals surface area contributed by atoms with Gasteiger partial charge in [0.2, 0.25) is 0 Å². The first-order valence-electron chi connectivity index (χ1n) is 5.07. The fourth-order valence-corrected chi connectivity index (χ4v) is 1.49. The maximum Gasteiger partial charge on any atom is 0.185 e. The Bertz CT molecular complexity index is 299. The number of hydrogen-bond acceptors (Lipinski definition) is 2. The van der Waals surface area contributed by atoms with Gasteiger partial charge in [-0.1, -0.05) is 25.7 Å². The first-order chi connectivity index (χ1) is 6.63. The highest BCUT2D eigenvalue weighted by Crippen LogP contribution is 2.03. The van der Waals surface area contributed by atoms with Crippen LogP contribution in [0.3, 0.4) is 0 Å². The van der Waals surface area contributed by atoms with E-state index < -0.39 is 0 Å². The maximum atomic E-state index is 5.15. The van der Waals surface area contributed by atoms with Gasteiger partial charge in [-0.05, 0) is 18.6 Å². The van der Waals surface area contributed by atoms with Crippen molar-refractivity contribution < 1.29 is 4.74 Å². The van der Waals surface area contributed by atoms with Crippen LogP contribution in [-0.2, 0) is 11.3 Å². The molecule has 0 bridgehead atoms. The van der Waals surface area contributed by atoms with E-state index in [-0.39, 0.29) is 0 Å². The van der Waals surface area contributed by atoms with Crippen LogP contribution in [0.15, 0.2) is 12.1 Å². The van der Waals surface area contributed by atoms with E-state index in [2.05, 4.69) is 24.9 Å². The monoisotopic (exact) mass is 191 g/mol. The summed E-state index contributed by atoms with van der Waals surface area (Å²) in [5.41, 5.74) is 3.48. The molecule has 0 aliphatic carbocycles. The SMILES string of the molecule is COCc1ccc(C)nc1BC(C)C. The number of pyridine rings is 1. The summed E-state index contributed by atoms with van der Waals surface area (Å²) >= 11 is 0. The lowest BCUT2D eigenvalue weighted by molar-refractivity contribution is 0.185. The van der Waals surface area contributed by atoms with Crippen molar-refractivity contribution in [1.82, 2.24) is 4.98 Å². The van der Waals surface area contributed by atoms with Gasteiger partial charge >= 0.3 is 0 Å². The van der Waals surface area contributed by atoms with Crippen molar-refractivity contribution in [2.24, 2.45) is 0 Å². The minimum Gasteiger partial charge on any atom is -0.380 e. The number of hydrogen-bond donors (Lipinski definition) is 0. The molecule has 0 aliphatic heterocycles. The molecular formula is C11H18BNO. The van der Waals surface area contributed by atoms with E-state index in [1.165, 1.54) is 11.2 Å². The molecule has 0 aliphatic rings. The molecule has 1 aromatic rings. The number of aromatic nitrogens is 1. The molecule has 0 saturated heterocycles. The predicted molar refractivity (Wildman–Crippen MR) is 61.6 cm³/mol. The zero-order valence-corrected chi connectivity index (χ0v) is 9.50. The van der Waals surface area contributed by atoms with Crippen molar-refractivity contribution in [2.75, 3.05) is 7.11 Å². The first-order valence-corrected chi connectivity index (χ1v) is 5.07. The Kier molecular flexibility index (Phi) is 4.14. The van der Waals surface area contributed by atoms with E-state index in [0.29, 0.717) is 12.4 Å². The zero-order valence-electron chi connectivity index (χ0n) is 9.50. The molecule has 76 valence electrons. The third-order valence-electron chi connectivity index (χ3n) is 2.11. The Labute approximate surface area is 86.9 Å². The van der Waals surface area contributed by atoms with Crippen LogP contribution in [0.4, 0.5) is 0 Å². The molecule has 0 saturated carbocycles. The number of methoxy groups -OCH3 is 1. The van der Waals surface area contributed by atoms with E-state index in [9.17, 15) is 0 Å². The predicted octanol–water partition coefficient (Wildman–Crippen LogP) is 1.43. The highest BCUT2D eigenvalue weighted by molar-refractivity contribution is 6.54.